The van der Waals surface area contributed by atoms with E-state index >= 15 is 0 Å². The topological polar surface area (TPSA) is 67.5 Å². The van der Waals surface area contributed by atoms with Crippen molar-refractivity contribution in [3.05, 3.63) is 34.6 Å². The highest BCUT2D eigenvalue weighted by molar-refractivity contribution is 9.10. The number of methoxy groups -OCH3 is 1. The Morgan fingerprint density at radius 3 is 2.82 bits per heavy atom. The Hall–Kier alpha value is -1.51. The van der Waals surface area contributed by atoms with Crippen LogP contribution < -0.4 is 4.90 Å². The number of aromatic nitrogens is 3. The van der Waals surface area contributed by atoms with Crippen LogP contribution in [0, 0.1) is 0 Å². The van der Waals surface area contributed by atoms with E-state index < -0.39 is 0 Å². The van der Waals surface area contributed by atoms with Crippen LogP contribution in [0.5, 0.6) is 0 Å². The van der Waals surface area contributed by atoms with Crippen LogP contribution in [-0.2, 0) is 17.9 Å². The van der Waals surface area contributed by atoms with Crippen LogP contribution in [0.15, 0.2) is 27.5 Å². The zero-order valence-corrected chi connectivity index (χ0v) is 14.0. The second-order valence-corrected chi connectivity index (χ2v) is 6.08. The highest BCUT2D eigenvalue weighted by Crippen LogP contribution is 2.20. The highest BCUT2D eigenvalue weighted by Gasteiger charge is 2.19. The lowest BCUT2D eigenvalue weighted by molar-refractivity contribution is 0.174. The molecule has 3 heterocycles. The summed E-state index contributed by atoms with van der Waals surface area (Å²) in [6, 6.07) is 2.09. The predicted molar refractivity (Wildman–Crippen MR) is 84.4 cm³/mol. The summed E-state index contributed by atoms with van der Waals surface area (Å²) in [5.41, 5.74) is 1.15. The lowest BCUT2D eigenvalue weighted by Crippen LogP contribution is -2.46. The van der Waals surface area contributed by atoms with Gasteiger partial charge >= 0.3 is 0 Å². The molecule has 1 aliphatic heterocycles. The maximum Gasteiger partial charge on any atom is 0.240 e. The lowest BCUT2D eigenvalue weighted by Gasteiger charge is -2.35. The number of anilines is 1. The molecule has 1 aliphatic rings. The largest absolute Gasteiger partial charge is 0.377 e. The van der Waals surface area contributed by atoms with Crippen LogP contribution in [0.2, 0.25) is 0 Å². The van der Waals surface area contributed by atoms with Gasteiger partial charge in [-0.15, -0.1) is 0 Å². The van der Waals surface area contributed by atoms with Crippen molar-refractivity contribution in [2.45, 2.75) is 13.2 Å². The first-order valence-corrected chi connectivity index (χ1v) is 7.92. The molecule has 3 rings (SSSR count). The van der Waals surface area contributed by atoms with E-state index in [1.54, 1.807) is 13.3 Å². The Balaban J connectivity index is 1.53. The van der Waals surface area contributed by atoms with Gasteiger partial charge in [0.15, 0.2) is 5.82 Å². The van der Waals surface area contributed by atoms with Gasteiger partial charge in [0.25, 0.3) is 0 Å². The van der Waals surface area contributed by atoms with Crippen molar-refractivity contribution in [2.24, 2.45) is 0 Å². The Bertz CT molecular complexity index is 613. The molecule has 0 bridgehead atoms. The average Bonchev–Trinajstić information content (AvgIpc) is 2.96. The molecule has 0 atom stereocenters. The summed E-state index contributed by atoms with van der Waals surface area (Å²) < 4.78 is 11.2. The minimum absolute atomic E-state index is 0.382. The number of nitrogens with zero attached hydrogens (tertiary/aromatic N) is 5. The number of halogens is 1. The predicted octanol–water partition coefficient (Wildman–Crippen LogP) is 1.70. The quantitative estimate of drug-likeness (QED) is 0.796. The fourth-order valence-corrected chi connectivity index (χ4v) is 2.82. The van der Waals surface area contributed by atoms with Gasteiger partial charge < -0.3 is 14.2 Å². The molecule has 2 aromatic rings. The fraction of sp³-hybridized carbons (Fsp3) is 0.500. The summed E-state index contributed by atoms with van der Waals surface area (Å²) >= 11 is 3.46. The van der Waals surface area contributed by atoms with Crippen molar-refractivity contribution in [1.82, 2.24) is 20.0 Å². The maximum absolute atomic E-state index is 5.23. The Kier molecular flexibility index (Phi) is 5.01. The zero-order valence-electron chi connectivity index (χ0n) is 12.4. The number of pyridine rings is 1. The molecule has 0 aromatic carbocycles. The van der Waals surface area contributed by atoms with Crippen molar-refractivity contribution < 1.29 is 9.26 Å². The average molecular weight is 368 g/mol. The van der Waals surface area contributed by atoms with Crippen LogP contribution in [-0.4, -0.2) is 53.3 Å². The SMILES string of the molecule is COCc1noc(CN2CCN(c3cncc(Br)c3)CC2)n1. The second-order valence-electron chi connectivity index (χ2n) is 5.16. The zero-order chi connectivity index (χ0) is 15.4. The van der Waals surface area contributed by atoms with Crippen LogP contribution in [0.4, 0.5) is 5.69 Å². The van der Waals surface area contributed by atoms with E-state index in [1.165, 1.54) is 0 Å². The molecule has 0 aliphatic carbocycles. The molecular formula is C14H18BrN5O2. The van der Waals surface area contributed by atoms with E-state index in [0.29, 0.717) is 24.9 Å². The normalized spacial score (nSPS) is 16.2. The van der Waals surface area contributed by atoms with E-state index in [9.17, 15) is 0 Å². The minimum atomic E-state index is 0.382. The second kappa shape index (κ2) is 7.17. The molecule has 0 unspecified atom stereocenters. The summed E-state index contributed by atoms with van der Waals surface area (Å²) in [5, 5.41) is 3.88. The van der Waals surface area contributed by atoms with Gasteiger partial charge in [-0.2, -0.15) is 4.98 Å². The van der Waals surface area contributed by atoms with Gasteiger partial charge in [0.05, 0.1) is 18.4 Å². The molecule has 8 heteroatoms. The van der Waals surface area contributed by atoms with Crippen molar-refractivity contribution >= 4 is 21.6 Å². The summed E-state index contributed by atoms with van der Waals surface area (Å²) in [7, 11) is 1.62. The molecule has 0 spiro atoms. The monoisotopic (exact) mass is 367 g/mol. The van der Waals surface area contributed by atoms with Gasteiger partial charge in [0.1, 0.15) is 6.61 Å². The van der Waals surface area contributed by atoms with Crippen LogP contribution in [0.3, 0.4) is 0 Å². The Labute approximate surface area is 137 Å². The van der Waals surface area contributed by atoms with Crippen molar-refractivity contribution in [1.29, 1.82) is 0 Å². The van der Waals surface area contributed by atoms with E-state index in [-0.39, 0.29) is 0 Å². The van der Waals surface area contributed by atoms with Gasteiger partial charge in [0, 0.05) is 44.0 Å². The third-order valence-corrected chi connectivity index (χ3v) is 4.00. The Morgan fingerprint density at radius 1 is 1.27 bits per heavy atom. The number of rotatable bonds is 5. The number of ether oxygens (including phenoxy) is 1. The van der Waals surface area contributed by atoms with E-state index in [1.807, 2.05) is 6.20 Å². The fourth-order valence-electron chi connectivity index (χ4n) is 2.47. The van der Waals surface area contributed by atoms with Gasteiger partial charge in [-0.3, -0.25) is 9.88 Å². The minimum Gasteiger partial charge on any atom is -0.377 e. The van der Waals surface area contributed by atoms with E-state index in [0.717, 1.165) is 36.3 Å². The van der Waals surface area contributed by atoms with Crippen LogP contribution in [0.1, 0.15) is 11.7 Å². The molecule has 2 aromatic heterocycles. The van der Waals surface area contributed by atoms with E-state index in [4.69, 9.17) is 9.26 Å². The van der Waals surface area contributed by atoms with Crippen molar-refractivity contribution in [2.75, 3.05) is 38.2 Å². The summed E-state index contributed by atoms with van der Waals surface area (Å²) in [6.45, 7) is 4.88. The third-order valence-electron chi connectivity index (χ3n) is 3.57. The van der Waals surface area contributed by atoms with Crippen molar-refractivity contribution in [3.63, 3.8) is 0 Å². The molecule has 0 radical (unpaired) electrons. The molecule has 7 nitrogen and oxygen atoms in total. The number of piperazine rings is 1. The first kappa shape index (κ1) is 15.4. The smallest absolute Gasteiger partial charge is 0.240 e. The summed E-state index contributed by atoms with van der Waals surface area (Å²) in [4.78, 5) is 13.2. The van der Waals surface area contributed by atoms with Gasteiger partial charge in [0.2, 0.25) is 5.89 Å². The van der Waals surface area contributed by atoms with E-state index in [2.05, 4.69) is 46.9 Å². The number of hydrogen-bond acceptors (Lipinski definition) is 7. The molecule has 0 amide bonds. The van der Waals surface area contributed by atoms with Gasteiger partial charge in [-0.1, -0.05) is 5.16 Å². The van der Waals surface area contributed by atoms with Crippen LogP contribution >= 0.6 is 15.9 Å². The summed E-state index contributed by atoms with van der Waals surface area (Å²) in [5.74, 6) is 1.24. The molecule has 118 valence electrons. The third kappa shape index (κ3) is 3.82. The molecule has 1 fully saturated rings. The summed E-state index contributed by atoms with van der Waals surface area (Å²) in [6.07, 6.45) is 3.70. The maximum atomic E-state index is 5.23. The standard InChI is InChI=1S/C14H18BrN5O2/c1-21-10-13-17-14(22-18-13)9-19-2-4-20(5-3-19)12-6-11(15)7-16-8-12/h6-8H,2-5,9-10H2,1H3. The van der Waals surface area contributed by atoms with Crippen LogP contribution in [0.25, 0.3) is 0 Å². The molecule has 1 saturated heterocycles. The molecule has 0 N–H and O–H groups in total. The molecule has 0 saturated carbocycles. The highest BCUT2D eigenvalue weighted by atomic mass is 79.9. The molecular weight excluding hydrogens is 350 g/mol. The lowest BCUT2D eigenvalue weighted by atomic mass is 10.2. The Morgan fingerprint density at radius 2 is 2.09 bits per heavy atom. The van der Waals surface area contributed by atoms with Gasteiger partial charge in [-0.05, 0) is 22.0 Å². The number of hydrogen-bond donors (Lipinski definition) is 0. The first-order chi connectivity index (χ1) is 10.7. The van der Waals surface area contributed by atoms with Gasteiger partial charge in [-0.25, -0.2) is 0 Å². The molecule has 22 heavy (non-hydrogen) atoms. The van der Waals surface area contributed by atoms with Crippen molar-refractivity contribution in [3.8, 4) is 0 Å². The first-order valence-electron chi connectivity index (χ1n) is 7.13.